The Morgan fingerprint density at radius 3 is 1.38 bits per heavy atom. The molecule has 3 aromatic carbocycles. The molecule has 0 amide bonds. The molecule has 0 saturated carbocycles. The van der Waals surface area contributed by atoms with Crippen LogP contribution in [0.4, 0.5) is 13.2 Å². The molecule has 9 heteroatoms. The molecule has 3 rings (SSSR count). The molecule has 6 N–H and O–H groups in total. The molecule has 0 unspecified atom stereocenters. The largest absolute Gasteiger partial charge is 0.489 e. The Labute approximate surface area is 182 Å². The minimum Gasteiger partial charge on any atom is -0.489 e. The third-order valence-corrected chi connectivity index (χ3v) is 4.52. The van der Waals surface area contributed by atoms with Gasteiger partial charge < -0.3 is 20.9 Å². The third kappa shape index (κ3) is 6.00. The first-order chi connectivity index (χ1) is 15.1. The number of hydrogen-bond donors (Lipinski definition) is 4. The molecule has 0 bridgehead atoms. The molecule has 0 aliphatic carbocycles. The average Bonchev–Trinajstić information content (AvgIpc) is 2.76. The van der Waals surface area contributed by atoms with Crippen LogP contribution in [0.3, 0.4) is 0 Å². The second-order valence-electron chi connectivity index (χ2n) is 6.99. The summed E-state index contributed by atoms with van der Waals surface area (Å²) < 4.78 is 51.3. The van der Waals surface area contributed by atoms with E-state index in [1.807, 2.05) is 0 Å². The molecule has 166 valence electrons. The second-order valence-corrected chi connectivity index (χ2v) is 6.99. The predicted molar refractivity (Wildman–Crippen MR) is 115 cm³/mol. The Kier molecular flexibility index (Phi) is 6.67. The van der Waals surface area contributed by atoms with Crippen molar-refractivity contribution in [2.45, 2.75) is 19.4 Å². The Hall–Kier alpha value is -4.01. The maximum absolute atomic E-state index is 13.4. The standard InChI is InChI=1S/C23H21F3N4O2/c24-23(25,26)18-10-14(12-31-19-5-1-16(2-6-19)21(27)28)9-15(11-18)13-32-20-7-3-17(4-8-20)22(29)30/h1-11H,12-13H2,(H3,27,28)(H3,29,30). The second kappa shape index (κ2) is 9.42. The number of nitrogens with two attached hydrogens (primary N) is 2. The summed E-state index contributed by atoms with van der Waals surface area (Å²) in [6.45, 7) is -0.159. The van der Waals surface area contributed by atoms with Crippen LogP contribution in [0, 0.1) is 10.8 Å². The summed E-state index contributed by atoms with van der Waals surface area (Å²) in [7, 11) is 0. The molecule has 0 fully saturated rings. The molecular formula is C23H21F3N4O2. The smallest absolute Gasteiger partial charge is 0.416 e. The number of alkyl halides is 3. The van der Waals surface area contributed by atoms with Gasteiger partial charge in [-0.15, -0.1) is 0 Å². The van der Waals surface area contributed by atoms with E-state index in [0.717, 1.165) is 12.1 Å². The van der Waals surface area contributed by atoms with E-state index in [4.69, 9.17) is 31.8 Å². The van der Waals surface area contributed by atoms with Crippen LogP contribution in [-0.4, -0.2) is 11.7 Å². The monoisotopic (exact) mass is 442 g/mol. The zero-order chi connectivity index (χ0) is 23.3. The SMILES string of the molecule is N=C(N)c1ccc(OCc2cc(COc3ccc(C(=N)N)cc3)cc(C(F)(F)F)c2)cc1. The number of amidine groups is 2. The lowest BCUT2D eigenvalue weighted by molar-refractivity contribution is -0.137. The topological polar surface area (TPSA) is 118 Å². The minimum atomic E-state index is -4.52. The van der Waals surface area contributed by atoms with E-state index in [9.17, 15) is 13.2 Å². The van der Waals surface area contributed by atoms with E-state index in [1.54, 1.807) is 54.6 Å². The first-order valence-electron chi connectivity index (χ1n) is 9.46. The third-order valence-electron chi connectivity index (χ3n) is 4.52. The van der Waals surface area contributed by atoms with Crippen molar-refractivity contribution in [2.75, 3.05) is 0 Å². The van der Waals surface area contributed by atoms with Gasteiger partial charge in [0.25, 0.3) is 0 Å². The fourth-order valence-electron chi connectivity index (χ4n) is 2.89. The maximum Gasteiger partial charge on any atom is 0.416 e. The summed E-state index contributed by atoms with van der Waals surface area (Å²) in [5.74, 6) is 0.705. The quantitative estimate of drug-likeness (QED) is 0.305. The maximum atomic E-state index is 13.4. The fraction of sp³-hybridized carbons (Fsp3) is 0.130. The minimum absolute atomic E-state index is 0.0797. The summed E-state index contributed by atoms with van der Waals surface area (Å²) in [6.07, 6.45) is -4.52. The van der Waals surface area contributed by atoms with Gasteiger partial charge in [-0.1, -0.05) is 0 Å². The van der Waals surface area contributed by atoms with Crippen LogP contribution in [0.1, 0.15) is 27.8 Å². The lowest BCUT2D eigenvalue weighted by Crippen LogP contribution is -2.11. The van der Waals surface area contributed by atoms with Crippen molar-refractivity contribution in [1.29, 1.82) is 10.8 Å². The number of benzene rings is 3. The zero-order valence-electron chi connectivity index (χ0n) is 16.9. The zero-order valence-corrected chi connectivity index (χ0v) is 16.9. The summed E-state index contributed by atoms with van der Waals surface area (Å²) >= 11 is 0. The first-order valence-corrected chi connectivity index (χ1v) is 9.46. The normalized spacial score (nSPS) is 11.1. The van der Waals surface area contributed by atoms with Gasteiger partial charge in [0.2, 0.25) is 0 Å². The molecule has 0 saturated heterocycles. The van der Waals surface area contributed by atoms with Crippen LogP contribution >= 0.6 is 0 Å². The Morgan fingerprint density at radius 2 is 1.06 bits per heavy atom. The molecule has 0 aliphatic rings. The number of rotatable bonds is 8. The summed E-state index contributed by atoms with van der Waals surface area (Å²) in [5.41, 5.74) is 11.7. The van der Waals surface area contributed by atoms with E-state index in [-0.39, 0.29) is 24.9 Å². The lowest BCUT2D eigenvalue weighted by atomic mass is 10.1. The van der Waals surface area contributed by atoms with Crippen molar-refractivity contribution in [2.24, 2.45) is 11.5 Å². The molecule has 0 atom stereocenters. The van der Waals surface area contributed by atoms with Gasteiger partial charge in [-0.05, 0) is 77.9 Å². The van der Waals surface area contributed by atoms with E-state index in [0.29, 0.717) is 33.8 Å². The van der Waals surface area contributed by atoms with Crippen LogP contribution < -0.4 is 20.9 Å². The van der Waals surface area contributed by atoms with Crippen LogP contribution in [0.5, 0.6) is 11.5 Å². The molecule has 0 heterocycles. The van der Waals surface area contributed by atoms with Crippen molar-refractivity contribution in [3.63, 3.8) is 0 Å². The summed E-state index contributed by atoms with van der Waals surface area (Å²) in [6, 6.07) is 16.4. The average molecular weight is 442 g/mol. The summed E-state index contributed by atoms with van der Waals surface area (Å²) in [4.78, 5) is 0. The highest BCUT2D eigenvalue weighted by Crippen LogP contribution is 2.31. The Balaban J connectivity index is 1.74. The molecule has 3 aromatic rings. The van der Waals surface area contributed by atoms with Gasteiger partial charge in [-0.25, -0.2) is 0 Å². The highest BCUT2D eigenvalue weighted by molar-refractivity contribution is 5.95. The Bertz CT molecular complexity index is 1030. The van der Waals surface area contributed by atoms with Crippen molar-refractivity contribution >= 4 is 11.7 Å². The van der Waals surface area contributed by atoms with Gasteiger partial charge in [0.1, 0.15) is 36.4 Å². The van der Waals surface area contributed by atoms with E-state index < -0.39 is 11.7 Å². The van der Waals surface area contributed by atoms with E-state index in [1.165, 1.54) is 0 Å². The molecule has 0 aliphatic heterocycles. The van der Waals surface area contributed by atoms with Gasteiger partial charge in [0.05, 0.1) is 5.56 Å². The van der Waals surface area contributed by atoms with Crippen LogP contribution in [0.2, 0.25) is 0 Å². The highest BCUT2D eigenvalue weighted by atomic mass is 19.4. The van der Waals surface area contributed by atoms with Gasteiger partial charge in [-0.2, -0.15) is 13.2 Å². The Morgan fingerprint density at radius 1 is 0.688 bits per heavy atom. The fourth-order valence-corrected chi connectivity index (χ4v) is 2.89. The molecule has 32 heavy (non-hydrogen) atoms. The number of hydrogen-bond acceptors (Lipinski definition) is 4. The predicted octanol–water partition coefficient (Wildman–Crippen LogP) is 4.43. The van der Waals surface area contributed by atoms with Crippen molar-refractivity contribution in [3.8, 4) is 11.5 Å². The first kappa shape index (κ1) is 22.7. The highest BCUT2D eigenvalue weighted by Gasteiger charge is 2.31. The molecule has 0 aromatic heterocycles. The van der Waals surface area contributed by atoms with Gasteiger partial charge >= 0.3 is 6.18 Å². The number of nitrogen functional groups attached to an aromatic ring is 2. The van der Waals surface area contributed by atoms with Gasteiger partial charge in [0, 0.05) is 11.1 Å². The van der Waals surface area contributed by atoms with E-state index in [2.05, 4.69) is 0 Å². The summed E-state index contributed by atoms with van der Waals surface area (Å²) in [5, 5.41) is 14.8. The van der Waals surface area contributed by atoms with Crippen molar-refractivity contribution < 1.29 is 22.6 Å². The van der Waals surface area contributed by atoms with Crippen molar-refractivity contribution in [3.05, 3.63) is 94.5 Å². The van der Waals surface area contributed by atoms with Gasteiger partial charge in [-0.3, -0.25) is 10.8 Å². The van der Waals surface area contributed by atoms with Crippen LogP contribution in [0.15, 0.2) is 66.7 Å². The number of nitrogens with one attached hydrogen (secondary N) is 2. The van der Waals surface area contributed by atoms with Gasteiger partial charge in [0.15, 0.2) is 0 Å². The van der Waals surface area contributed by atoms with Crippen LogP contribution in [-0.2, 0) is 19.4 Å². The molecule has 0 radical (unpaired) electrons. The molecule has 6 nitrogen and oxygen atoms in total. The lowest BCUT2D eigenvalue weighted by Gasteiger charge is -2.14. The van der Waals surface area contributed by atoms with Crippen LogP contribution in [0.25, 0.3) is 0 Å². The van der Waals surface area contributed by atoms with E-state index >= 15 is 0 Å². The molecular weight excluding hydrogens is 421 g/mol. The number of ether oxygens (including phenoxy) is 2. The number of halogens is 3. The molecule has 0 spiro atoms. The van der Waals surface area contributed by atoms with Crippen molar-refractivity contribution in [1.82, 2.24) is 0 Å².